The van der Waals surface area contributed by atoms with Crippen molar-refractivity contribution in [1.29, 1.82) is 0 Å². The fourth-order valence-corrected chi connectivity index (χ4v) is 3.09. The van der Waals surface area contributed by atoms with Gasteiger partial charge >= 0.3 is 0 Å². The zero-order chi connectivity index (χ0) is 14.7. The van der Waals surface area contributed by atoms with Crippen molar-refractivity contribution in [3.63, 3.8) is 0 Å². The number of nitrogens with two attached hydrogens (primary N) is 1. The molecule has 0 aliphatic carbocycles. The Bertz CT molecular complexity index is 662. The topological polar surface area (TPSA) is 69.2 Å². The highest BCUT2D eigenvalue weighted by molar-refractivity contribution is 7.98. The van der Waals surface area contributed by atoms with Crippen LogP contribution in [0.25, 0.3) is 0 Å². The normalized spacial score (nSPS) is 10.5. The van der Waals surface area contributed by atoms with Gasteiger partial charge in [-0.25, -0.2) is 0 Å². The Morgan fingerprint density at radius 1 is 1.30 bits per heavy atom. The van der Waals surface area contributed by atoms with Crippen molar-refractivity contribution in [2.24, 2.45) is 0 Å². The number of nitrogen functional groups attached to an aromatic ring is 1. The van der Waals surface area contributed by atoms with Gasteiger partial charge in [-0.3, -0.25) is 10.1 Å². The van der Waals surface area contributed by atoms with Crippen LogP contribution in [0.4, 0.5) is 11.4 Å². The summed E-state index contributed by atoms with van der Waals surface area (Å²) in [5.41, 5.74) is 8.43. The van der Waals surface area contributed by atoms with Crippen molar-refractivity contribution in [3.8, 4) is 0 Å². The lowest BCUT2D eigenvalue weighted by molar-refractivity contribution is -0.384. The van der Waals surface area contributed by atoms with E-state index in [1.165, 1.54) is 12.1 Å². The number of aryl methyl sites for hydroxylation is 1. The molecule has 0 aliphatic heterocycles. The summed E-state index contributed by atoms with van der Waals surface area (Å²) >= 11 is 7.69. The SMILES string of the molecule is Cc1cc(N)ccc1SCc1ccc([N+](=O)[O-])cc1Cl. The van der Waals surface area contributed by atoms with Gasteiger partial charge in [0, 0.05) is 28.5 Å². The van der Waals surface area contributed by atoms with Crippen molar-refractivity contribution < 1.29 is 4.92 Å². The minimum Gasteiger partial charge on any atom is -0.399 e. The summed E-state index contributed by atoms with van der Waals surface area (Å²) < 4.78 is 0. The second kappa shape index (κ2) is 6.15. The maximum atomic E-state index is 10.7. The van der Waals surface area contributed by atoms with E-state index in [0.29, 0.717) is 10.8 Å². The first kappa shape index (κ1) is 14.7. The summed E-state index contributed by atoms with van der Waals surface area (Å²) in [5.74, 6) is 0.654. The molecule has 4 nitrogen and oxygen atoms in total. The third-order valence-corrected chi connectivity index (χ3v) is 4.41. The van der Waals surface area contributed by atoms with E-state index >= 15 is 0 Å². The molecule has 2 N–H and O–H groups in total. The number of halogens is 1. The van der Waals surface area contributed by atoms with E-state index in [9.17, 15) is 10.1 Å². The summed E-state index contributed by atoms with van der Waals surface area (Å²) in [7, 11) is 0. The van der Waals surface area contributed by atoms with E-state index in [1.807, 2.05) is 25.1 Å². The molecule has 0 bridgehead atoms. The number of benzene rings is 2. The monoisotopic (exact) mass is 308 g/mol. The van der Waals surface area contributed by atoms with E-state index in [2.05, 4.69) is 0 Å². The van der Waals surface area contributed by atoms with Crippen LogP contribution >= 0.6 is 23.4 Å². The summed E-state index contributed by atoms with van der Waals surface area (Å²) in [6.07, 6.45) is 0. The van der Waals surface area contributed by atoms with Gasteiger partial charge in [0.2, 0.25) is 0 Å². The summed E-state index contributed by atoms with van der Waals surface area (Å²) in [6.45, 7) is 2.00. The van der Waals surface area contributed by atoms with Gasteiger partial charge in [-0.2, -0.15) is 0 Å². The largest absolute Gasteiger partial charge is 0.399 e. The molecular formula is C14H13ClN2O2S. The van der Waals surface area contributed by atoms with Gasteiger partial charge in [0.25, 0.3) is 5.69 Å². The fourth-order valence-electron chi connectivity index (χ4n) is 1.76. The van der Waals surface area contributed by atoms with Crippen LogP contribution in [-0.4, -0.2) is 4.92 Å². The molecule has 2 aromatic rings. The Hall–Kier alpha value is -1.72. The van der Waals surface area contributed by atoms with Crippen LogP contribution in [0, 0.1) is 17.0 Å². The lowest BCUT2D eigenvalue weighted by Gasteiger charge is -2.07. The quantitative estimate of drug-likeness (QED) is 0.392. The molecule has 0 aromatic heterocycles. The fraction of sp³-hybridized carbons (Fsp3) is 0.143. The number of anilines is 1. The zero-order valence-electron chi connectivity index (χ0n) is 10.8. The Morgan fingerprint density at radius 3 is 2.65 bits per heavy atom. The highest BCUT2D eigenvalue weighted by Gasteiger charge is 2.10. The Kier molecular flexibility index (Phi) is 4.52. The smallest absolute Gasteiger partial charge is 0.270 e. The number of nitrogens with zero attached hydrogens (tertiary/aromatic N) is 1. The molecular weight excluding hydrogens is 296 g/mol. The van der Waals surface area contributed by atoms with Gasteiger partial charge in [-0.05, 0) is 42.3 Å². The number of rotatable bonds is 4. The molecule has 104 valence electrons. The van der Waals surface area contributed by atoms with Crippen molar-refractivity contribution in [3.05, 3.63) is 62.7 Å². The van der Waals surface area contributed by atoms with Crippen LogP contribution in [0.3, 0.4) is 0 Å². The van der Waals surface area contributed by atoms with Crippen LogP contribution in [0.1, 0.15) is 11.1 Å². The highest BCUT2D eigenvalue weighted by atomic mass is 35.5. The molecule has 2 aromatic carbocycles. The lowest BCUT2D eigenvalue weighted by atomic mass is 10.2. The molecule has 0 spiro atoms. The molecule has 0 saturated heterocycles. The average Bonchev–Trinajstić information content (AvgIpc) is 2.38. The summed E-state index contributed by atoms with van der Waals surface area (Å²) in [6, 6.07) is 10.3. The van der Waals surface area contributed by atoms with E-state index in [1.54, 1.807) is 17.8 Å². The minimum absolute atomic E-state index is 0.00687. The molecule has 0 atom stereocenters. The summed E-state index contributed by atoms with van der Waals surface area (Å²) in [5, 5.41) is 11.1. The second-order valence-electron chi connectivity index (χ2n) is 4.35. The molecule has 0 unspecified atom stereocenters. The molecule has 6 heteroatoms. The first-order valence-electron chi connectivity index (χ1n) is 5.89. The molecule has 0 aliphatic rings. The highest BCUT2D eigenvalue weighted by Crippen LogP contribution is 2.31. The Balaban J connectivity index is 2.13. The maximum absolute atomic E-state index is 10.7. The molecule has 2 rings (SSSR count). The standard InChI is InChI=1S/C14H13ClN2O2S/c1-9-6-11(16)3-5-14(9)20-8-10-2-4-12(17(18)19)7-13(10)15/h2-7H,8,16H2,1H3. The number of non-ortho nitro benzene ring substituents is 1. The van der Waals surface area contributed by atoms with Crippen molar-refractivity contribution >= 4 is 34.7 Å². The molecule has 0 amide bonds. The third-order valence-electron chi connectivity index (χ3n) is 2.83. The Morgan fingerprint density at radius 2 is 2.05 bits per heavy atom. The van der Waals surface area contributed by atoms with Crippen LogP contribution in [0.15, 0.2) is 41.3 Å². The number of hydrogen-bond donors (Lipinski definition) is 1. The van der Waals surface area contributed by atoms with E-state index in [4.69, 9.17) is 17.3 Å². The van der Waals surface area contributed by atoms with Gasteiger partial charge in [-0.15, -0.1) is 11.8 Å². The van der Waals surface area contributed by atoms with Crippen LogP contribution in [0.2, 0.25) is 5.02 Å². The third kappa shape index (κ3) is 3.43. The molecule has 0 radical (unpaired) electrons. The molecule has 0 saturated carbocycles. The number of nitro groups is 1. The van der Waals surface area contributed by atoms with Gasteiger partial charge in [0.1, 0.15) is 0 Å². The minimum atomic E-state index is -0.451. The van der Waals surface area contributed by atoms with Crippen LogP contribution in [0.5, 0.6) is 0 Å². The second-order valence-corrected chi connectivity index (χ2v) is 5.77. The summed E-state index contributed by atoms with van der Waals surface area (Å²) in [4.78, 5) is 11.3. The van der Waals surface area contributed by atoms with Gasteiger partial charge < -0.3 is 5.73 Å². The first-order chi connectivity index (χ1) is 9.47. The number of thioether (sulfide) groups is 1. The van der Waals surface area contributed by atoms with E-state index < -0.39 is 4.92 Å². The van der Waals surface area contributed by atoms with Crippen molar-refractivity contribution in [2.45, 2.75) is 17.6 Å². The number of hydrogen-bond acceptors (Lipinski definition) is 4. The molecule has 0 fully saturated rings. The Labute approximate surface area is 126 Å². The first-order valence-corrected chi connectivity index (χ1v) is 7.25. The molecule has 0 heterocycles. The van der Waals surface area contributed by atoms with Gasteiger partial charge in [0.15, 0.2) is 0 Å². The van der Waals surface area contributed by atoms with Gasteiger partial charge in [-0.1, -0.05) is 11.6 Å². The van der Waals surface area contributed by atoms with Crippen molar-refractivity contribution in [2.75, 3.05) is 5.73 Å². The zero-order valence-corrected chi connectivity index (χ0v) is 12.4. The van der Waals surface area contributed by atoms with E-state index in [0.717, 1.165) is 21.7 Å². The predicted octanol–water partition coefficient (Wildman–Crippen LogP) is 4.43. The van der Waals surface area contributed by atoms with Gasteiger partial charge in [0.05, 0.1) is 9.95 Å². The van der Waals surface area contributed by atoms with Crippen LogP contribution < -0.4 is 5.73 Å². The van der Waals surface area contributed by atoms with Crippen molar-refractivity contribution in [1.82, 2.24) is 0 Å². The maximum Gasteiger partial charge on any atom is 0.270 e. The van der Waals surface area contributed by atoms with E-state index in [-0.39, 0.29) is 5.69 Å². The average molecular weight is 309 g/mol. The lowest BCUT2D eigenvalue weighted by Crippen LogP contribution is -1.91. The molecule has 20 heavy (non-hydrogen) atoms. The van der Waals surface area contributed by atoms with Crippen LogP contribution in [-0.2, 0) is 5.75 Å². The number of nitro benzene ring substituents is 1. The predicted molar refractivity (Wildman–Crippen MR) is 83.3 cm³/mol.